The first-order valence-corrected chi connectivity index (χ1v) is 6.20. The summed E-state index contributed by atoms with van der Waals surface area (Å²) in [4.78, 5) is 10.6. The number of nitro groups is 1. The fraction of sp³-hybridized carbons (Fsp3) is 0. The van der Waals surface area contributed by atoms with Crippen LogP contribution in [0.3, 0.4) is 0 Å². The molecule has 104 valence electrons. The molecule has 1 heterocycles. The van der Waals surface area contributed by atoms with E-state index < -0.39 is 4.92 Å². The summed E-state index contributed by atoms with van der Waals surface area (Å²) >= 11 is 0. The van der Waals surface area contributed by atoms with E-state index in [4.69, 9.17) is 0 Å². The van der Waals surface area contributed by atoms with Crippen molar-refractivity contribution in [3.63, 3.8) is 0 Å². The zero-order chi connectivity index (χ0) is 14.8. The lowest BCUT2D eigenvalue weighted by Crippen LogP contribution is -1.99. The average molecular weight is 283 g/mol. The lowest BCUT2D eigenvalue weighted by Gasteiger charge is -2.02. The van der Waals surface area contributed by atoms with Gasteiger partial charge in [0.05, 0.1) is 11.1 Å². The molecule has 0 amide bonds. The van der Waals surface area contributed by atoms with Gasteiger partial charge in [-0.3, -0.25) is 10.1 Å². The molecule has 0 saturated heterocycles. The molecule has 3 aromatic rings. The first-order chi connectivity index (χ1) is 10.2. The molecule has 0 aliphatic carbocycles. The molecule has 21 heavy (non-hydrogen) atoms. The van der Waals surface area contributed by atoms with Crippen molar-refractivity contribution in [1.29, 1.82) is 0 Å². The second kappa shape index (κ2) is 5.16. The van der Waals surface area contributed by atoms with E-state index in [1.54, 1.807) is 42.6 Å². The highest BCUT2D eigenvalue weighted by atomic mass is 19.1. The largest absolute Gasteiger partial charge is 0.294 e. The highest BCUT2D eigenvalue weighted by Crippen LogP contribution is 2.26. The lowest BCUT2D eigenvalue weighted by atomic mass is 10.1. The molecule has 0 saturated carbocycles. The van der Waals surface area contributed by atoms with Crippen LogP contribution in [0, 0.1) is 15.9 Å². The predicted octanol–water partition coefficient (Wildman–Crippen LogP) is 3.59. The monoisotopic (exact) mass is 283 g/mol. The van der Waals surface area contributed by atoms with Crippen LogP contribution in [0.5, 0.6) is 0 Å². The minimum Gasteiger partial charge on any atom is -0.258 e. The Balaban J connectivity index is 2.08. The topological polar surface area (TPSA) is 61.0 Å². The summed E-state index contributed by atoms with van der Waals surface area (Å²) in [6.07, 6.45) is 3.05. The standard InChI is InChI=1S/C15H10FN3O2/c16-13-6-2-1-5-12(13)11-9-17-18(10-11)14-7-3-4-8-15(14)19(20)21/h1-10H. The van der Waals surface area contributed by atoms with Crippen molar-refractivity contribution in [1.82, 2.24) is 9.78 Å². The van der Waals surface area contributed by atoms with Crippen molar-refractivity contribution in [2.45, 2.75) is 0 Å². The van der Waals surface area contributed by atoms with Crippen molar-refractivity contribution in [2.75, 3.05) is 0 Å². The van der Waals surface area contributed by atoms with Gasteiger partial charge in [0.2, 0.25) is 0 Å². The normalized spacial score (nSPS) is 10.5. The van der Waals surface area contributed by atoms with Crippen LogP contribution in [0.2, 0.25) is 0 Å². The number of para-hydroxylation sites is 2. The molecule has 0 aliphatic heterocycles. The van der Waals surface area contributed by atoms with Crippen molar-refractivity contribution in [3.05, 3.63) is 76.9 Å². The van der Waals surface area contributed by atoms with Crippen molar-refractivity contribution in [2.24, 2.45) is 0 Å². The molecule has 0 unspecified atom stereocenters. The van der Waals surface area contributed by atoms with Crippen LogP contribution in [0.1, 0.15) is 0 Å². The van der Waals surface area contributed by atoms with E-state index in [-0.39, 0.29) is 11.5 Å². The molecule has 0 radical (unpaired) electrons. The number of nitro benzene ring substituents is 1. The minimum absolute atomic E-state index is 0.0549. The molecule has 0 bridgehead atoms. The molecule has 3 rings (SSSR count). The molecular weight excluding hydrogens is 273 g/mol. The van der Waals surface area contributed by atoms with E-state index in [0.29, 0.717) is 16.8 Å². The van der Waals surface area contributed by atoms with Gasteiger partial charge in [-0.05, 0) is 12.1 Å². The number of hydrogen-bond donors (Lipinski definition) is 0. The zero-order valence-corrected chi connectivity index (χ0v) is 10.8. The lowest BCUT2D eigenvalue weighted by molar-refractivity contribution is -0.384. The van der Waals surface area contributed by atoms with Gasteiger partial charge in [0.25, 0.3) is 5.69 Å². The van der Waals surface area contributed by atoms with E-state index in [1.165, 1.54) is 23.0 Å². The molecule has 0 spiro atoms. The van der Waals surface area contributed by atoms with Crippen LogP contribution in [-0.2, 0) is 0 Å². The Hall–Kier alpha value is -3.02. The maximum absolute atomic E-state index is 13.7. The van der Waals surface area contributed by atoms with Crippen LogP contribution in [0.4, 0.5) is 10.1 Å². The molecule has 0 aliphatic rings. The number of aromatic nitrogens is 2. The number of halogens is 1. The third-order valence-corrected chi connectivity index (χ3v) is 3.09. The van der Waals surface area contributed by atoms with E-state index in [2.05, 4.69) is 5.10 Å². The van der Waals surface area contributed by atoms with Crippen molar-refractivity contribution in [3.8, 4) is 16.8 Å². The first-order valence-electron chi connectivity index (χ1n) is 6.20. The second-order valence-electron chi connectivity index (χ2n) is 4.40. The van der Waals surface area contributed by atoms with Crippen LogP contribution < -0.4 is 0 Å². The Morgan fingerprint density at radius 1 is 1.10 bits per heavy atom. The van der Waals surface area contributed by atoms with E-state index in [1.807, 2.05) is 0 Å². The number of nitrogens with zero attached hydrogens (tertiary/aromatic N) is 3. The second-order valence-corrected chi connectivity index (χ2v) is 4.40. The van der Waals surface area contributed by atoms with Crippen LogP contribution >= 0.6 is 0 Å². The molecule has 5 nitrogen and oxygen atoms in total. The third kappa shape index (κ3) is 2.38. The van der Waals surface area contributed by atoms with Gasteiger partial charge in [0, 0.05) is 23.4 Å². The third-order valence-electron chi connectivity index (χ3n) is 3.09. The van der Waals surface area contributed by atoms with Gasteiger partial charge < -0.3 is 0 Å². The summed E-state index contributed by atoms with van der Waals surface area (Å²) in [5.74, 6) is -0.361. The molecule has 0 atom stereocenters. The van der Waals surface area contributed by atoms with Gasteiger partial charge in [0.1, 0.15) is 11.5 Å². The molecule has 0 fully saturated rings. The smallest absolute Gasteiger partial charge is 0.258 e. The first kappa shape index (κ1) is 13.0. The van der Waals surface area contributed by atoms with Gasteiger partial charge in [-0.2, -0.15) is 5.10 Å². The SMILES string of the molecule is O=[N+]([O-])c1ccccc1-n1cc(-c2ccccc2F)cn1. The average Bonchev–Trinajstić information content (AvgIpc) is 2.97. The van der Waals surface area contributed by atoms with Crippen molar-refractivity contribution >= 4 is 5.69 Å². The van der Waals surface area contributed by atoms with Crippen LogP contribution in [-0.4, -0.2) is 14.7 Å². The Kier molecular flexibility index (Phi) is 3.19. The Morgan fingerprint density at radius 2 is 1.81 bits per heavy atom. The molecule has 0 N–H and O–H groups in total. The van der Waals surface area contributed by atoms with E-state index in [0.717, 1.165) is 0 Å². The summed E-state index contributed by atoms with van der Waals surface area (Å²) in [7, 11) is 0. The maximum atomic E-state index is 13.7. The van der Waals surface area contributed by atoms with Gasteiger partial charge in [0.15, 0.2) is 0 Å². The summed E-state index contributed by atoms with van der Waals surface area (Å²) in [5.41, 5.74) is 1.25. The highest BCUT2D eigenvalue weighted by Gasteiger charge is 2.15. The summed E-state index contributed by atoms with van der Waals surface area (Å²) in [5, 5.41) is 15.1. The quantitative estimate of drug-likeness (QED) is 0.545. The number of hydrogen-bond acceptors (Lipinski definition) is 3. The van der Waals surface area contributed by atoms with Gasteiger partial charge in [-0.15, -0.1) is 0 Å². The Labute approximate surface area is 119 Å². The zero-order valence-electron chi connectivity index (χ0n) is 10.8. The predicted molar refractivity (Wildman–Crippen MR) is 75.6 cm³/mol. The summed E-state index contributed by atoms with van der Waals surface area (Å²) in [6.45, 7) is 0. The highest BCUT2D eigenvalue weighted by molar-refractivity contribution is 5.63. The van der Waals surface area contributed by atoms with E-state index in [9.17, 15) is 14.5 Å². The fourth-order valence-corrected chi connectivity index (χ4v) is 2.10. The Morgan fingerprint density at radius 3 is 2.57 bits per heavy atom. The number of rotatable bonds is 3. The van der Waals surface area contributed by atoms with Crippen molar-refractivity contribution < 1.29 is 9.31 Å². The molecule has 1 aromatic heterocycles. The fourth-order valence-electron chi connectivity index (χ4n) is 2.10. The minimum atomic E-state index is -0.472. The molecule has 2 aromatic carbocycles. The van der Waals surface area contributed by atoms with E-state index >= 15 is 0 Å². The van der Waals surface area contributed by atoms with Gasteiger partial charge in [-0.25, -0.2) is 9.07 Å². The Bertz CT molecular complexity index is 814. The van der Waals surface area contributed by atoms with Crippen LogP contribution in [0.15, 0.2) is 60.9 Å². The number of benzene rings is 2. The molecular formula is C15H10FN3O2. The molecule has 6 heteroatoms. The van der Waals surface area contributed by atoms with Gasteiger partial charge in [-0.1, -0.05) is 30.3 Å². The van der Waals surface area contributed by atoms with Crippen LogP contribution in [0.25, 0.3) is 16.8 Å². The summed E-state index contributed by atoms with van der Waals surface area (Å²) in [6, 6.07) is 12.6. The van der Waals surface area contributed by atoms with Gasteiger partial charge >= 0.3 is 0 Å². The maximum Gasteiger partial charge on any atom is 0.294 e. The summed E-state index contributed by atoms with van der Waals surface area (Å²) < 4.78 is 15.1.